The van der Waals surface area contributed by atoms with E-state index in [2.05, 4.69) is 0 Å². The predicted molar refractivity (Wildman–Crippen MR) is 75.2 cm³/mol. The summed E-state index contributed by atoms with van der Waals surface area (Å²) in [6, 6.07) is 3.30. The zero-order chi connectivity index (χ0) is 14.6. The summed E-state index contributed by atoms with van der Waals surface area (Å²) >= 11 is 0. The Bertz CT molecular complexity index is 651. The summed E-state index contributed by atoms with van der Waals surface area (Å²) in [6.07, 6.45) is 4.50. The van der Waals surface area contributed by atoms with Crippen LogP contribution in [0.2, 0.25) is 0 Å². The minimum atomic E-state index is -3.15. The normalized spacial score (nSPS) is 29.8. The number of carbonyl (C=O) groups is 1. The minimum absolute atomic E-state index is 0.00359. The monoisotopic (exact) mass is 310 g/mol. The topological polar surface area (TPSA) is 70.8 Å². The molecule has 4 rings (SSSR count). The summed E-state index contributed by atoms with van der Waals surface area (Å²) in [5.74, 6) is 0.206. The molecule has 0 unspecified atom stereocenters. The van der Waals surface area contributed by atoms with Gasteiger partial charge in [0.05, 0.1) is 17.6 Å². The summed E-state index contributed by atoms with van der Waals surface area (Å²) in [5.41, 5.74) is 0. The van der Waals surface area contributed by atoms with Gasteiger partial charge in [0.15, 0.2) is 5.76 Å². The molecule has 1 aromatic rings. The summed E-state index contributed by atoms with van der Waals surface area (Å²) in [5, 5.41) is -0.175. The second-order valence-electron chi connectivity index (χ2n) is 6.04. The highest BCUT2D eigenvalue weighted by Gasteiger charge is 2.52. The second-order valence-corrected chi connectivity index (χ2v) is 8.21. The van der Waals surface area contributed by atoms with E-state index in [1.807, 2.05) is 0 Å². The van der Waals surface area contributed by atoms with Gasteiger partial charge < -0.3 is 9.32 Å². The van der Waals surface area contributed by atoms with E-state index in [1.54, 1.807) is 21.3 Å². The van der Waals surface area contributed by atoms with Crippen LogP contribution in [0.4, 0.5) is 0 Å². The van der Waals surface area contributed by atoms with Gasteiger partial charge in [-0.25, -0.2) is 8.42 Å². The smallest absolute Gasteiger partial charge is 0.289 e. The highest BCUT2D eigenvalue weighted by molar-refractivity contribution is 7.90. The molecule has 21 heavy (non-hydrogen) atoms. The number of likely N-dealkylation sites (tertiary alicyclic amines) is 1. The van der Waals surface area contributed by atoms with Gasteiger partial charge in [0.25, 0.3) is 5.91 Å². The fourth-order valence-electron chi connectivity index (χ4n) is 3.61. The Balaban J connectivity index is 1.55. The number of nitrogens with zero attached hydrogens (tertiary/aromatic N) is 2. The Kier molecular flexibility index (Phi) is 2.91. The highest BCUT2D eigenvalue weighted by Crippen LogP contribution is 2.39. The molecule has 0 bridgehead atoms. The van der Waals surface area contributed by atoms with Crippen molar-refractivity contribution in [3.8, 4) is 0 Å². The summed E-state index contributed by atoms with van der Waals surface area (Å²) in [4.78, 5) is 14.2. The first-order valence-corrected chi connectivity index (χ1v) is 8.94. The molecule has 0 spiro atoms. The maximum Gasteiger partial charge on any atom is 0.289 e. The van der Waals surface area contributed by atoms with Crippen LogP contribution in [-0.2, 0) is 10.0 Å². The van der Waals surface area contributed by atoms with E-state index in [0.29, 0.717) is 18.8 Å². The average molecular weight is 310 g/mol. The maximum absolute atomic E-state index is 12.4. The third-order valence-electron chi connectivity index (χ3n) is 4.79. The molecule has 3 aliphatic rings. The van der Waals surface area contributed by atoms with Crippen molar-refractivity contribution in [3.05, 3.63) is 24.2 Å². The molecule has 2 atom stereocenters. The number of hydrogen-bond acceptors (Lipinski definition) is 4. The van der Waals surface area contributed by atoms with E-state index in [4.69, 9.17) is 4.42 Å². The number of amides is 1. The Morgan fingerprint density at radius 1 is 1.14 bits per heavy atom. The first-order chi connectivity index (χ1) is 10.1. The summed E-state index contributed by atoms with van der Waals surface area (Å²) < 4.78 is 31.7. The summed E-state index contributed by atoms with van der Waals surface area (Å²) in [6.45, 7) is 1.14. The Labute approximate surface area is 123 Å². The van der Waals surface area contributed by atoms with Crippen molar-refractivity contribution in [1.29, 1.82) is 0 Å². The van der Waals surface area contributed by atoms with Gasteiger partial charge in [0, 0.05) is 19.1 Å². The highest BCUT2D eigenvalue weighted by atomic mass is 32.2. The van der Waals surface area contributed by atoms with Crippen LogP contribution in [0.15, 0.2) is 22.8 Å². The van der Waals surface area contributed by atoms with Crippen molar-refractivity contribution in [3.63, 3.8) is 0 Å². The molecule has 2 aliphatic heterocycles. The molecule has 114 valence electrons. The lowest BCUT2D eigenvalue weighted by Gasteiger charge is -2.24. The van der Waals surface area contributed by atoms with Gasteiger partial charge >= 0.3 is 0 Å². The summed E-state index contributed by atoms with van der Waals surface area (Å²) in [7, 11) is -3.15. The Morgan fingerprint density at radius 3 is 2.57 bits per heavy atom. The molecular formula is C14H18N2O4S. The maximum atomic E-state index is 12.4. The zero-order valence-electron chi connectivity index (χ0n) is 11.6. The van der Waals surface area contributed by atoms with Crippen molar-refractivity contribution >= 4 is 15.9 Å². The van der Waals surface area contributed by atoms with Gasteiger partial charge in [-0.2, -0.15) is 4.31 Å². The van der Waals surface area contributed by atoms with Gasteiger partial charge in [-0.15, -0.1) is 0 Å². The number of hydrogen-bond donors (Lipinski definition) is 0. The van der Waals surface area contributed by atoms with Crippen LogP contribution in [0.5, 0.6) is 0 Å². The van der Waals surface area contributed by atoms with Crippen LogP contribution < -0.4 is 0 Å². The fraction of sp³-hybridized carbons (Fsp3) is 0.643. The van der Waals surface area contributed by atoms with Crippen molar-refractivity contribution < 1.29 is 17.6 Å². The molecule has 1 amide bonds. The number of rotatable bonds is 3. The van der Waals surface area contributed by atoms with Crippen molar-refractivity contribution in [1.82, 2.24) is 9.21 Å². The fourth-order valence-corrected chi connectivity index (χ4v) is 5.71. The molecule has 0 radical (unpaired) electrons. The molecule has 0 aromatic carbocycles. The lowest BCUT2D eigenvalue weighted by molar-refractivity contribution is 0.0703. The van der Waals surface area contributed by atoms with Crippen LogP contribution in [0, 0.1) is 0 Å². The standard InChI is InChI=1S/C14H18N2O4S/c17-14(13-2-1-9-20-13)15-7-5-12-11(15)6-8-16(12)21(18,19)10-3-4-10/h1-2,9-12H,3-8H2/t11-,12+/m1/s1. The molecule has 1 aliphatic carbocycles. The number of carbonyl (C=O) groups excluding carboxylic acids is 1. The third kappa shape index (κ3) is 2.02. The van der Waals surface area contributed by atoms with Crippen LogP contribution in [-0.4, -0.2) is 54.0 Å². The van der Waals surface area contributed by atoms with Crippen molar-refractivity contribution in [2.24, 2.45) is 0 Å². The lowest BCUT2D eigenvalue weighted by Crippen LogP contribution is -2.42. The third-order valence-corrected chi connectivity index (χ3v) is 7.21. The molecule has 3 fully saturated rings. The molecule has 1 aromatic heterocycles. The van der Waals surface area contributed by atoms with Gasteiger partial charge in [-0.05, 0) is 37.8 Å². The van der Waals surface area contributed by atoms with E-state index < -0.39 is 10.0 Å². The van der Waals surface area contributed by atoms with E-state index in [0.717, 1.165) is 25.7 Å². The van der Waals surface area contributed by atoms with Crippen LogP contribution in [0.25, 0.3) is 0 Å². The minimum Gasteiger partial charge on any atom is -0.459 e. The van der Waals surface area contributed by atoms with Gasteiger partial charge in [-0.3, -0.25) is 4.79 Å². The molecule has 0 N–H and O–H groups in total. The largest absolute Gasteiger partial charge is 0.459 e. The predicted octanol–water partition coefficient (Wildman–Crippen LogP) is 1.06. The van der Waals surface area contributed by atoms with E-state index in [-0.39, 0.29) is 23.2 Å². The number of fused-ring (bicyclic) bond motifs is 1. The lowest BCUT2D eigenvalue weighted by atomic mass is 10.1. The number of furan rings is 1. The molecule has 3 heterocycles. The quantitative estimate of drug-likeness (QED) is 0.837. The SMILES string of the molecule is O=C(c1ccco1)N1CC[C@H]2[C@H]1CCN2S(=O)(=O)C1CC1. The average Bonchev–Trinajstić information content (AvgIpc) is 2.91. The molecule has 2 saturated heterocycles. The molecule has 7 heteroatoms. The number of sulfonamides is 1. The van der Waals surface area contributed by atoms with E-state index in [9.17, 15) is 13.2 Å². The van der Waals surface area contributed by atoms with Crippen LogP contribution in [0.3, 0.4) is 0 Å². The van der Waals surface area contributed by atoms with Gasteiger partial charge in [0.1, 0.15) is 0 Å². The molecule has 1 saturated carbocycles. The first-order valence-electron chi connectivity index (χ1n) is 7.44. The van der Waals surface area contributed by atoms with Crippen molar-refractivity contribution in [2.45, 2.75) is 43.0 Å². The van der Waals surface area contributed by atoms with E-state index in [1.165, 1.54) is 6.26 Å². The molecule has 6 nitrogen and oxygen atoms in total. The molecular weight excluding hydrogens is 292 g/mol. The van der Waals surface area contributed by atoms with Crippen LogP contribution >= 0.6 is 0 Å². The first kappa shape index (κ1) is 13.3. The second kappa shape index (κ2) is 4.58. The Morgan fingerprint density at radius 2 is 1.90 bits per heavy atom. The van der Waals surface area contributed by atoms with Crippen LogP contribution in [0.1, 0.15) is 36.2 Å². The van der Waals surface area contributed by atoms with Gasteiger partial charge in [0.2, 0.25) is 10.0 Å². The Hall–Kier alpha value is -1.34. The van der Waals surface area contributed by atoms with E-state index >= 15 is 0 Å². The van der Waals surface area contributed by atoms with Crippen molar-refractivity contribution in [2.75, 3.05) is 13.1 Å². The zero-order valence-corrected chi connectivity index (χ0v) is 12.5. The van der Waals surface area contributed by atoms with Gasteiger partial charge in [-0.1, -0.05) is 0 Å².